The van der Waals surface area contributed by atoms with Gasteiger partial charge in [0, 0.05) is 18.9 Å². The van der Waals surface area contributed by atoms with Gasteiger partial charge in [-0.2, -0.15) is 0 Å². The van der Waals surface area contributed by atoms with Crippen LogP contribution in [0, 0.1) is 5.92 Å². The Kier molecular flexibility index (Phi) is 4.29. The number of carbonyl (C=O) groups is 1. The van der Waals surface area contributed by atoms with Gasteiger partial charge in [-0.25, -0.2) is 18.5 Å². The highest BCUT2D eigenvalue weighted by Crippen LogP contribution is 2.29. The van der Waals surface area contributed by atoms with Gasteiger partial charge in [0.1, 0.15) is 4.60 Å². The van der Waals surface area contributed by atoms with Crippen molar-refractivity contribution in [1.82, 2.24) is 4.98 Å². The molecule has 0 bridgehead atoms. The van der Waals surface area contributed by atoms with Gasteiger partial charge in [0.25, 0.3) is 0 Å². The number of hydrogen-bond acceptors (Lipinski definition) is 4. The first kappa shape index (κ1) is 14.9. The summed E-state index contributed by atoms with van der Waals surface area (Å²) in [6.07, 6.45) is 1.75. The second kappa shape index (κ2) is 5.47. The number of sulfonamides is 1. The minimum atomic E-state index is -3.56. The molecule has 1 aromatic rings. The lowest BCUT2D eigenvalue weighted by atomic mass is 10.1. The number of aromatic nitrogens is 1. The fourth-order valence-corrected chi connectivity index (χ4v) is 3.46. The van der Waals surface area contributed by atoms with Gasteiger partial charge in [0.15, 0.2) is 0 Å². The van der Waals surface area contributed by atoms with E-state index in [0.717, 1.165) is 4.47 Å². The smallest absolute Gasteiger partial charge is 0.227 e. The minimum Gasteiger partial charge on any atom is -0.311 e. The Morgan fingerprint density at radius 2 is 2.16 bits per heavy atom. The van der Waals surface area contributed by atoms with Gasteiger partial charge >= 0.3 is 0 Å². The molecular formula is C10H11Br2N3O3S. The molecule has 1 aromatic heterocycles. The number of carbonyl (C=O) groups excluding carboxylic acids is 1. The Morgan fingerprint density at radius 1 is 1.47 bits per heavy atom. The number of amides is 1. The van der Waals surface area contributed by atoms with Crippen LogP contribution in [-0.2, 0) is 14.8 Å². The molecule has 1 unspecified atom stereocenters. The molecule has 1 amide bonds. The SMILES string of the molecule is NS(=O)(=O)CC1CC(=O)N(c2cnc(Br)c(Br)c2)C1. The van der Waals surface area contributed by atoms with Gasteiger partial charge < -0.3 is 4.90 Å². The maximum Gasteiger partial charge on any atom is 0.227 e. The Morgan fingerprint density at radius 3 is 2.74 bits per heavy atom. The number of nitrogens with zero attached hydrogens (tertiary/aromatic N) is 2. The Hall–Kier alpha value is -0.510. The number of primary sulfonamides is 1. The van der Waals surface area contributed by atoms with E-state index in [1.165, 1.54) is 4.90 Å². The number of hydrogen-bond donors (Lipinski definition) is 1. The minimum absolute atomic E-state index is 0.121. The molecule has 9 heteroatoms. The van der Waals surface area contributed by atoms with Gasteiger partial charge in [-0.15, -0.1) is 0 Å². The Bertz CT molecular complexity index is 620. The molecule has 0 saturated carbocycles. The zero-order chi connectivity index (χ0) is 14.2. The molecule has 1 aliphatic heterocycles. The van der Waals surface area contributed by atoms with Crippen LogP contribution < -0.4 is 10.0 Å². The zero-order valence-electron chi connectivity index (χ0n) is 9.71. The van der Waals surface area contributed by atoms with Gasteiger partial charge in [0.05, 0.1) is 22.1 Å². The van der Waals surface area contributed by atoms with Crippen molar-refractivity contribution in [2.45, 2.75) is 6.42 Å². The van der Waals surface area contributed by atoms with Crippen LogP contribution in [0.25, 0.3) is 0 Å². The summed E-state index contributed by atoms with van der Waals surface area (Å²) in [4.78, 5) is 17.5. The summed E-state index contributed by atoms with van der Waals surface area (Å²) in [6, 6.07) is 1.76. The quantitative estimate of drug-likeness (QED) is 0.756. The van der Waals surface area contributed by atoms with Crippen molar-refractivity contribution >= 4 is 53.5 Å². The third-order valence-electron chi connectivity index (χ3n) is 2.77. The van der Waals surface area contributed by atoms with Crippen molar-refractivity contribution < 1.29 is 13.2 Å². The monoisotopic (exact) mass is 411 g/mol. The molecule has 19 heavy (non-hydrogen) atoms. The third kappa shape index (κ3) is 3.74. The molecule has 0 aliphatic carbocycles. The summed E-state index contributed by atoms with van der Waals surface area (Å²) in [5.74, 6) is -0.574. The second-order valence-corrected chi connectivity index (χ2v) is 7.63. The molecule has 0 spiro atoms. The van der Waals surface area contributed by atoms with Crippen LogP contribution in [0.5, 0.6) is 0 Å². The third-order valence-corrected chi connectivity index (χ3v) is 5.47. The van der Waals surface area contributed by atoms with E-state index in [0.29, 0.717) is 16.8 Å². The molecule has 6 nitrogen and oxygen atoms in total. The van der Waals surface area contributed by atoms with E-state index in [4.69, 9.17) is 5.14 Å². The molecule has 1 atom stereocenters. The maximum absolute atomic E-state index is 11.9. The average Bonchev–Trinajstić information content (AvgIpc) is 2.61. The topological polar surface area (TPSA) is 93.4 Å². The first-order chi connectivity index (χ1) is 8.76. The van der Waals surface area contributed by atoms with E-state index in [2.05, 4.69) is 36.8 Å². The van der Waals surface area contributed by atoms with E-state index in [9.17, 15) is 13.2 Å². The van der Waals surface area contributed by atoms with E-state index < -0.39 is 10.0 Å². The van der Waals surface area contributed by atoms with E-state index in [1.54, 1.807) is 12.3 Å². The van der Waals surface area contributed by atoms with Gasteiger partial charge in [-0.05, 0) is 37.9 Å². The van der Waals surface area contributed by atoms with Crippen LogP contribution in [-0.4, -0.2) is 31.6 Å². The second-order valence-electron chi connectivity index (χ2n) is 4.37. The van der Waals surface area contributed by atoms with Crippen molar-refractivity contribution in [2.24, 2.45) is 11.1 Å². The summed E-state index contributed by atoms with van der Waals surface area (Å²) >= 11 is 6.56. The summed E-state index contributed by atoms with van der Waals surface area (Å²) < 4.78 is 23.5. The van der Waals surface area contributed by atoms with Crippen molar-refractivity contribution in [1.29, 1.82) is 0 Å². The molecule has 2 rings (SSSR count). The van der Waals surface area contributed by atoms with E-state index >= 15 is 0 Å². The van der Waals surface area contributed by atoms with Gasteiger partial charge in [-0.3, -0.25) is 4.79 Å². The van der Waals surface area contributed by atoms with Crippen molar-refractivity contribution in [2.75, 3.05) is 17.2 Å². The fourth-order valence-electron chi connectivity index (χ4n) is 2.03. The van der Waals surface area contributed by atoms with Crippen LogP contribution in [0.15, 0.2) is 21.3 Å². The molecule has 1 fully saturated rings. The van der Waals surface area contributed by atoms with Crippen LogP contribution in [0.2, 0.25) is 0 Å². The highest BCUT2D eigenvalue weighted by molar-refractivity contribution is 9.13. The summed E-state index contributed by atoms with van der Waals surface area (Å²) in [5.41, 5.74) is 0.636. The van der Waals surface area contributed by atoms with Crippen LogP contribution >= 0.6 is 31.9 Å². The highest BCUT2D eigenvalue weighted by Gasteiger charge is 2.33. The van der Waals surface area contributed by atoms with Crippen molar-refractivity contribution in [3.63, 3.8) is 0 Å². The summed E-state index contributed by atoms with van der Waals surface area (Å²) in [6.45, 7) is 0.338. The predicted molar refractivity (Wildman–Crippen MR) is 78.1 cm³/mol. The number of halogens is 2. The lowest BCUT2D eigenvalue weighted by Gasteiger charge is -2.16. The van der Waals surface area contributed by atoms with Crippen molar-refractivity contribution in [3.05, 3.63) is 21.3 Å². The van der Waals surface area contributed by atoms with Crippen LogP contribution in [0.1, 0.15) is 6.42 Å². The van der Waals surface area contributed by atoms with Crippen LogP contribution in [0.4, 0.5) is 5.69 Å². The number of anilines is 1. The normalized spacial score (nSPS) is 20.1. The number of rotatable bonds is 3. The number of pyridine rings is 1. The molecular weight excluding hydrogens is 402 g/mol. The Labute approximate surface area is 127 Å². The first-order valence-corrected chi connectivity index (χ1v) is 8.68. The summed E-state index contributed by atoms with van der Waals surface area (Å²) in [5, 5.41) is 5.01. The van der Waals surface area contributed by atoms with Crippen LogP contribution in [0.3, 0.4) is 0 Å². The zero-order valence-corrected chi connectivity index (χ0v) is 13.7. The van der Waals surface area contributed by atoms with Crippen molar-refractivity contribution in [3.8, 4) is 0 Å². The Balaban J connectivity index is 2.18. The first-order valence-electron chi connectivity index (χ1n) is 5.38. The largest absolute Gasteiger partial charge is 0.311 e. The lowest BCUT2D eigenvalue weighted by Crippen LogP contribution is -2.27. The lowest BCUT2D eigenvalue weighted by molar-refractivity contribution is -0.117. The molecule has 1 aliphatic rings. The molecule has 2 N–H and O–H groups in total. The molecule has 1 saturated heterocycles. The number of nitrogens with two attached hydrogens (primary N) is 1. The molecule has 2 heterocycles. The van der Waals surface area contributed by atoms with Gasteiger partial charge in [0.2, 0.25) is 15.9 Å². The molecule has 0 radical (unpaired) electrons. The van der Waals surface area contributed by atoms with Gasteiger partial charge in [-0.1, -0.05) is 0 Å². The molecule has 0 aromatic carbocycles. The standard InChI is InChI=1S/C10H11Br2N3O3S/c11-8-2-7(3-14-10(8)12)15-4-6(1-9(15)16)5-19(13,17)18/h2-3,6H,1,4-5H2,(H2,13,17,18). The highest BCUT2D eigenvalue weighted by atomic mass is 79.9. The van der Waals surface area contributed by atoms with E-state index in [-0.39, 0.29) is 24.0 Å². The predicted octanol–water partition coefficient (Wildman–Crippen LogP) is 1.25. The average molecular weight is 413 g/mol. The summed E-state index contributed by atoms with van der Waals surface area (Å²) in [7, 11) is -3.56. The maximum atomic E-state index is 11.9. The van der Waals surface area contributed by atoms with E-state index in [1.807, 2.05) is 0 Å². The fraction of sp³-hybridized carbons (Fsp3) is 0.400. The molecule has 104 valence electrons.